The molecule has 162 valence electrons. The zero-order valence-electron chi connectivity index (χ0n) is 17.2. The van der Waals surface area contributed by atoms with Gasteiger partial charge in [-0.15, -0.1) is 10.2 Å². The van der Waals surface area contributed by atoms with Gasteiger partial charge in [-0.2, -0.15) is 0 Å². The average Bonchev–Trinajstić information content (AvgIpc) is 3.20. The van der Waals surface area contributed by atoms with Crippen LogP contribution in [-0.2, 0) is 6.54 Å². The summed E-state index contributed by atoms with van der Waals surface area (Å²) < 4.78 is 11.0. The molecule has 9 nitrogen and oxygen atoms in total. The molecule has 10 heteroatoms. The molecule has 2 aromatic carbocycles. The van der Waals surface area contributed by atoms with E-state index in [1.807, 2.05) is 13.8 Å². The smallest absolute Gasteiger partial charge is 0.311 e. The predicted molar refractivity (Wildman–Crippen MR) is 114 cm³/mol. The second kappa shape index (κ2) is 9.57. The van der Waals surface area contributed by atoms with Crippen molar-refractivity contribution in [2.75, 3.05) is 6.61 Å². The summed E-state index contributed by atoms with van der Waals surface area (Å²) in [5.41, 5.74) is 0.484. The maximum Gasteiger partial charge on any atom is 0.311 e. The first-order valence-corrected chi connectivity index (χ1v) is 9.99. The van der Waals surface area contributed by atoms with E-state index in [-0.39, 0.29) is 48.0 Å². The van der Waals surface area contributed by atoms with E-state index in [1.165, 1.54) is 23.1 Å². The van der Waals surface area contributed by atoms with Gasteiger partial charge in [0.05, 0.1) is 28.7 Å². The van der Waals surface area contributed by atoms with Crippen LogP contribution in [0.3, 0.4) is 0 Å². The lowest BCUT2D eigenvalue weighted by Crippen LogP contribution is -2.36. The number of carbonyl (C=O) groups is 1. The SMILES string of the molecule is CCOc1ccc(C(=O)N(Cc2nnc(-c3ccccc3Cl)o2)C(C)C)cc1[N+](=O)[O-]. The van der Waals surface area contributed by atoms with Crippen LogP contribution in [0, 0.1) is 10.1 Å². The summed E-state index contributed by atoms with van der Waals surface area (Å²) in [6.45, 7) is 5.69. The minimum absolute atomic E-state index is 0.0367. The standard InChI is InChI=1S/C21H21ClN4O5/c1-4-30-18-10-9-14(11-17(18)26(28)29)21(27)25(13(2)3)12-19-23-24-20(31-19)15-7-5-6-8-16(15)22/h5-11,13H,4,12H2,1-3H3. The lowest BCUT2D eigenvalue weighted by Gasteiger charge is -2.25. The summed E-state index contributed by atoms with van der Waals surface area (Å²) in [6, 6.07) is 11.0. The third kappa shape index (κ3) is 5.00. The summed E-state index contributed by atoms with van der Waals surface area (Å²) >= 11 is 6.17. The Morgan fingerprint density at radius 2 is 2.00 bits per heavy atom. The lowest BCUT2D eigenvalue weighted by molar-refractivity contribution is -0.385. The van der Waals surface area contributed by atoms with Crippen molar-refractivity contribution in [2.24, 2.45) is 0 Å². The van der Waals surface area contributed by atoms with Gasteiger partial charge in [-0.05, 0) is 45.0 Å². The van der Waals surface area contributed by atoms with Crippen molar-refractivity contribution in [2.45, 2.75) is 33.4 Å². The minimum Gasteiger partial charge on any atom is -0.487 e. The quantitative estimate of drug-likeness (QED) is 0.364. The molecule has 0 fully saturated rings. The number of hydrogen-bond donors (Lipinski definition) is 0. The number of nitro groups is 1. The Hall–Kier alpha value is -3.46. The number of amides is 1. The van der Waals surface area contributed by atoms with Crippen molar-refractivity contribution in [3.05, 3.63) is 69.1 Å². The van der Waals surface area contributed by atoms with Gasteiger partial charge in [0.1, 0.15) is 0 Å². The zero-order valence-corrected chi connectivity index (χ0v) is 18.0. The van der Waals surface area contributed by atoms with Crippen molar-refractivity contribution in [3.63, 3.8) is 0 Å². The first-order chi connectivity index (χ1) is 14.8. The van der Waals surface area contributed by atoms with Gasteiger partial charge in [-0.25, -0.2) is 0 Å². The summed E-state index contributed by atoms with van der Waals surface area (Å²) in [5.74, 6) is 0.172. The average molecular weight is 445 g/mol. The number of aromatic nitrogens is 2. The number of carbonyl (C=O) groups excluding carboxylic acids is 1. The molecule has 0 bridgehead atoms. The Labute approximate surface area is 183 Å². The highest BCUT2D eigenvalue weighted by Gasteiger charge is 2.25. The molecule has 1 amide bonds. The van der Waals surface area contributed by atoms with E-state index >= 15 is 0 Å². The van der Waals surface area contributed by atoms with Crippen LogP contribution in [0.2, 0.25) is 5.02 Å². The molecule has 31 heavy (non-hydrogen) atoms. The molecule has 0 saturated carbocycles. The van der Waals surface area contributed by atoms with E-state index in [2.05, 4.69) is 10.2 Å². The number of hydrogen-bond acceptors (Lipinski definition) is 7. The lowest BCUT2D eigenvalue weighted by atomic mass is 10.1. The molecule has 0 aliphatic rings. The van der Waals surface area contributed by atoms with Crippen LogP contribution >= 0.6 is 11.6 Å². The van der Waals surface area contributed by atoms with Crippen LogP contribution in [-0.4, -0.2) is 38.6 Å². The predicted octanol–water partition coefficient (Wildman–Crippen LogP) is 4.75. The van der Waals surface area contributed by atoms with Gasteiger partial charge in [-0.1, -0.05) is 23.7 Å². The number of nitrogens with zero attached hydrogens (tertiary/aromatic N) is 4. The monoisotopic (exact) mass is 444 g/mol. The van der Waals surface area contributed by atoms with Crippen molar-refractivity contribution in [1.29, 1.82) is 0 Å². The number of nitro benzene ring substituents is 1. The first kappa shape index (κ1) is 22.2. The molecule has 0 unspecified atom stereocenters. The molecule has 1 aromatic heterocycles. The van der Waals surface area contributed by atoms with Crippen LogP contribution in [0.5, 0.6) is 5.75 Å². The van der Waals surface area contributed by atoms with Crippen LogP contribution in [0.15, 0.2) is 46.9 Å². The second-order valence-corrected chi connectivity index (χ2v) is 7.29. The van der Waals surface area contributed by atoms with E-state index in [0.29, 0.717) is 10.6 Å². The molecule has 0 aliphatic heterocycles. The Morgan fingerprint density at radius 1 is 1.26 bits per heavy atom. The fraction of sp³-hybridized carbons (Fsp3) is 0.286. The molecule has 3 aromatic rings. The van der Waals surface area contributed by atoms with Gasteiger partial charge in [0, 0.05) is 17.7 Å². The first-order valence-electron chi connectivity index (χ1n) is 9.61. The van der Waals surface area contributed by atoms with Crippen LogP contribution in [0.25, 0.3) is 11.5 Å². The highest BCUT2D eigenvalue weighted by atomic mass is 35.5. The van der Waals surface area contributed by atoms with Gasteiger partial charge < -0.3 is 14.1 Å². The Balaban J connectivity index is 1.86. The Bertz CT molecular complexity index is 1100. The van der Waals surface area contributed by atoms with Crippen LogP contribution in [0.4, 0.5) is 5.69 Å². The van der Waals surface area contributed by atoms with Gasteiger partial charge in [0.25, 0.3) is 5.91 Å². The molecule has 0 N–H and O–H groups in total. The Kier molecular flexibility index (Phi) is 6.86. The van der Waals surface area contributed by atoms with Crippen molar-refractivity contribution in [3.8, 4) is 17.2 Å². The zero-order chi connectivity index (χ0) is 22.5. The number of rotatable bonds is 8. The molecule has 0 spiro atoms. The van der Waals surface area contributed by atoms with Crippen molar-refractivity contribution in [1.82, 2.24) is 15.1 Å². The molecule has 0 aliphatic carbocycles. The molecule has 3 rings (SSSR count). The van der Waals surface area contributed by atoms with Gasteiger partial charge in [0.2, 0.25) is 11.8 Å². The van der Waals surface area contributed by atoms with Gasteiger partial charge in [0.15, 0.2) is 5.75 Å². The largest absolute Gasteiger partial charge is 0.487 e. The number of ether oxygens (including phenoxy) is 1. The summed E-state index contributed by atoms with van der Waals surface area (Å²) in [7, 11) is 0. The summed E-state index contributed by atoms with van der Waals surface area (Å²) in [5, 5.41) is 19.9. The third-order valence-electron chi connectivity index (χ3n) is 4.46. The highest BCUT2D eigenvalue weighted by molar-refractivity contribution is 6.33. The fourth-order valence-corrected chi connectivity index (χ4v) is 3.15. The van der Waals surface area contributed by atoms with Crippen molar-refractivity contribution < 1.29 is 18.9 Å². The maximum atomic E-state index is 13.1. The molecule has 0 saturated heterocycles. The molecular formula is C21H21ClN4O5. The second-order valence-electron chi connectivity index (χ2n) is 6.88. The van der Waals surface area contributed by atoms with E-state index < -0.39 is 10.8 Å². The van der Waals surface area contributed by atoms with E-state index in [0.717, 1.165) is 0 Å². The van der Waals surface area contributed by atoms with E-state index in [4.69, 9.17) is 20.8 Å². The summed E-state index contributed by atoms with van der Waals surface area (Å²) in [6.07, 6.45) is 0. The van der Waals surface area contributed by atoms with E-state index in [1.54, 1.807) is 31.2 Å². The Morgan fingerprint density at radius 3 is 2.65 bits per heavy atom. The molecule has 0 radical (unpaired) electrons. The maximum absolute atomic E-state index is 13.1. The number of benzene rings is 2. The topological polar surface area (TPSA) is 112 Å². The molecule has 0 atom stereocenters. The van der Waals surface area contributed by atoms with Crippen LogP contribution in [0.1, 0.15) is 37.0 Å². The molecule has 1 heterocycles. The van der Waals surface area contributed by atoms with Gasteiger partial charge in [-0.3, -0.25) is 14.9 Å². The van der Waals surface area contributed by atoms with Crippen molar-refractivity contribution >= 4 is 23.2 Å². The van der Waals surface area contributed by atoms with Gasteiger partial charge >= 0.3 is 5.69 Å². The number of halogens is 1. The third-order valence-corrected chi connectivity index (χ3v) is 4.79. The summed E-state index contributed by atoms with van der Waals surface area (Å²) in [4.78, 5) is 25.4. The van der Waals surface area contributed by atoms with Crippen LogP contribution < -0.4 is 4.74 Å². The highest BCUT2D eigenvalue weighted by Crippen LogP contribution is 2.30. The molecular weight excluding hydrogens is 424 g/mol. The van der Waals surface area contributed by atoms with E-state index in [9.17, 15) is 14.9 Å². The fourth-order valence-electron chi connectivity index (χ4n) is 2.93. The normalized spacial score (nSPS) is 10.9. The minimum atomic E-state index is -0.574.